The van der Waals surface area contributed by atoms with Crippen molar-refractivity contribution < 1.29 is 35.3 Å². The van der Waals surface area contributed by atoms with Gasteiger partial charge in [0.05, 0.1) is 12.7 Å². The Morgan fingerprint density at radius 3 is 2.32 bits per heavy atom. The first-order valence-electron chi connectivity index (χ1n) is 11.7. The molecule has 0 aromatic heterocycles. The number of benzene rings is 3. The fourth-order valence-corrected chi connectivity index (χ4v) is 4.59. The van der Waals surface area contributed by atoms with Crippen molar-refractivity contribution >= 4 is 22.1 Å². The average molecular weight is 548 g/mol. The van der Waals surface area contributed by atoms with Gasteiger partial charge in [-0.15, -0.1) is 0 Å². The molecule has 0 saturated carbocycles. The summed E-state index contributed by atoms with van der Waals surface area (Å²) in [6.07, 6.45) is -1.54. The van der Waals surface area contributed by atoms with Crippen LogP contribution in [0.3, 0.4) is 0 Å². The van der Waals surface area contributed by atoms with E-state index in [-0.39, 0.29) is 29.9 Å². The first kappa shape index (κ1) is 28.8. The van der Waals surface area contributed by atoms with Gasteiger partial charge < -0.3 is 13.8 Å². The summed E-state index contributed by atoms with van der Waals surface area (Å²) in [6.45, 7) is 4.50. The van der Waals surface area contributed by atoms with Gasteiger partial charge in [-0.05, 0) is 53.5 Å². The second-order valence-electron chi connectivity index (χ2n) is 8.90. The molecule has 3 rings (SSSR count). The Balaban J connectivity index is 1.87. The molecule has 0 unspecified atom stereocenters. The van der Waals surface area contributed by atoms with Crippen molar-refractivity contribution in [1.29, 1.82) is 0 Å². The summed E-state index contributed by atoms with van der Waals surface area (Å²) in [7, 11) is -3.31. The van der Waals surface area contributed by atoms with Gasteiger partial charge in [-0.3, -0.25) is 4.79 Å². The molecular weight excluding hydrogens is 519 g/mol. The molecule has 0 aliphatic carbocycles. The molecule has 0 aliphatic heterocycles. The van der Waals surface area contributed by atoms with Crippen LogP contribution in [-0.2, 0) is 27.6 Å². The molecule has 3 aromatic carbocycles. The van der Waals surface area contributed by atoms with Crippen molar-refractivity contribution in [2.75, 3.05) is 13.7 Å². The Labute approximate surface area is 220 Å². The van der Waals surface area contributed by atoms with Gasteiger partial charge in [0, 0.05) is 19.2 Å². The van der Waals surface area contributed by atoms with E-state index in [1.807, 2.05) is 44.2 Å². The molecule has 0 atom stereocenters. The van der Waals surface area contributed by atoms with Crippen molar-refractivity contribution in [3.8, 4) is 11.5 Å². The highest BCUT2D eigenvalue weighted by Crippen LogP contribution is 2.34. The van der Waals surface area contributed by atoms with Gasteiger partial charge in [0.25, 0.3) is 0 Å². The molecule has 1 amide bonds. The number of nitrogens with zero attached hydrogens (tertiary/aromatic N) is 1. The highest BCUT2D eigenvalue weighted by Gasteiger charge is 2.32. The van der Waals surface area contributed by atoms with Crippen LogP contribution in [0.2, 0.25) is 0 Å². The van der Waals surface area contributed by atoms with Gasteiger partial charge in [-0.2, -0.15) is 21.6 Å². The lowest BCUT2D eigenvalue weighted by atomic mass is 10.1. The first-order chi connectivity index (χ1) is 17.9. The quantitative estimate of drug-likeness (QED) is 0.224. The van der Waals surface area contributed by atoms with E-state index >= 15 is 0 Å². The van der Waals surface area contributed by atoms with Gasteiger partial charge in [0.15, 0.2) is 11.5 Å². The molecule has 10 heteroatoms. The van der Waals surface area contributed by atoms with Gasteiger partial charge in [-0.25, -0.2) is 0 Å². The van der Waals surface area contributed by atoms with Crippen molar-refractivity contribution in [1.82, 2.24) is 4.90 Å². The molecule has 38 heavy (non-hydrogen) atoms. The Kier molecular flexibility index (Phi) is 9.22. The highest BCUT2D eigenvalue weighted by molar-refractivity contribution is 7.87. The molecule has 0 spiro atoms. The lowest BCUT2D eigenvalue weighted by molar-refractivity contribution is -0.137. The predicted molar refractivity (Wildman–Crippen MR) is 138 cm³/mol. The predicted octanol–water partition coefficient (Wildman–Crippen LogP) is 6.18. The smallest absolute Gasteiger partial charge is 0.416 e. The maximum atomic E-state index is 13.1. The number of methoxy groups -OCH3 is 1. The molecular formula is C28H28F3NO5S. The maximum absolute atomic E-state index is 13.1. The summed E-state index contributed by atoms with van der Waals surface area (Å²) in [4.78, 5) is 13.9. The SMILES string of the molecule is COc1ccc(CN(CC(C)C)C(=O)/C=C/c2ccccc2)cc1OS(=O)(=O)c1cccc(C(F)(F)F)c1. The van der Waals surface area contributed by atoms with E-state index in [1.54, 1.807) is 17.0 Å². The third-order valence-corrected chi connectivity index (χ3v) is 6.60. The second-order valence-corrected chi connectivity index (χ2v) is 10.5. The van der Waals surface area contributed by atoms with Crippen LogP contribution < -0.4 is 8.92 Å². The van der Waals surface area contributed by atoms with Crippen LogP contribution in [0.15, 0.2) is 83.8 Å². The number of carbonyl (C=O) groups excluding carboxylic acids is 1. The summed E-state index contributed by atoms with van der Waals surface area (Å²) < 4.78 is 75.4. The molecule has 0 aliphatic rings. The van der Waals surface area contributed by atoms with Gasteiger partial charge in [-0.1, -0.05) is 56.3 Å². The average Bonchev–Trinajstić information content (AvgIpc) is 2.87. The monoisotopic (exact) mass is 547 g/mol. The van der Waals surface area contributed by atoms with Crippen LogP contribution >= 0.6 is 0 Å². The number of rotatable bonds is 10. The van der Waals surface area contributed by atoms with Crippen molar-refractivity contribution in [3.05, 3.63) is 95.6 Å². The van der Waals surface area contributed by atoms with Crippen LogP contribution in [-0.4, -0.2) is 32.9 Å². The molecule has 0 bridgehead atoms. The van der Waals surface area contributed by atoms with Crippen molar-refractivity contribution in [3.63, 3.8) is 0 Å². The third-order valence-electron chi connectivity index (χ3n) is 5.37. The van der Waals surface area contributed by atoms with Crippen LogP contribution in [0.5, 0.6) is 11.5 Å². The second kappa shape index (κ2) is 12.2. The fraction of sp³-hybridized carbons (Fsp3) is 0.250. The number of carbonyl (C=O) groups is 1. The number of ether oxygens (including phenoxy) is 1. The number of hydrogen-bond acceptors (Lipinski definition) is 5. The Morgan fingerprint density at radius 2 is 1.68 bits per heavy atom. The number of amides is 1. The van der Waals surface area contributed by atoms with E-state index in [2.05, 4.69) is 0 Å². The van der Waals surface area contributed by atoms with E-state index in [9.17, 15) is 26.4 Å². The topological polar surface area (TPSA) is 72.9 Å². The van der Waals surface area contributed by atoms with Gasteiger partial charge in [0.2, 0.25) is 5.91 Å². The van der Waals surface area contributed by atoms with Gasteiger partial charge in [0.1, 0.15) is 4.90 Å². The van der Waals surface area contributed by atoms with Crippen LogP contribution in [0, 0.1) is 5.92 Å². The maximum Gasteiger partial charge on any atom is 0.416 e. The standard InChI is InChI=1S/C28H28F3NO5S/c1-20(2)18-32(27(33)15-13-21-8-5-4-6-9-21)19-22-12-14-25(36-3)26(16-22)37-38(34,35)24-11-7-10-23(17-24)28(29,30)31/h4-17,20H,18-19H2,1-3H3/b15-13+. The lowest BCUT2D eigenvalue weighted by Crippen LogP contribution is -2.32. The van der Waals surface area contributed by atoms with E-state index in [0.29, 0.717) is 18.2 Å². The van der Waals surface area contributed by atoms with Crippen LogP contribution in [0.25, 0.3) is 6.08 Å². The molecule has 202 valence electrons. The normalized spacial score (nSPS) is 12.1. The Morgan fingerprint density at radius 1 is 0.974 bits per heavy atom. The largest absolute Gasteiger partial charge is 0.493 e. The van der Waals surface area contributed by atoms with Crippen molar-refractivity contribution in [2.24, 2.45) is 5.92 Å². The zero-order valence-electron chi connectivity index (χ0n) is 21.1. The van der Waals surface area contributed by atoms with E-state index in [0.717, 1.165) is 23.8 Å². The first-order valence-corrected chi connectivity index (χ1v) is 13.1. The zero-order valence-corrected chi connectivity index (χ0v) is 21.9. The summed E-state index contributed by atoms with van der Waals surface area (Å²) in [6, 6.07) is 17.2. The molecule has 0 radical (unpaired) electrons. The third kappa shape index (κ3) is 7.85. The number of hydrogen-bond donors (Lipinski definition) is 0. The Hall–Kier alpha value is -3.79. The lowest BCUT2D eigenvalue weighted by Gasteiger charge is -2.24. The molecule has 0 fully saturated rings. The molecule has 0 saturated heterocycles. The van der Waals surface area contributed by atoms with Crippen molar-refractivity contribution in [2.45, 2.75) is 31.5 Å². The van der Waals surface area contributed by atoms with E-state index in [4.69, 9.17) is 8.92 Å². The molecule has 0 N–H and O–H groups in total. The Bertz CT molecular complexity index is 1390. The van der Waals surface area contributed by atoms with Gasteiger partial charge >= 0.3 is 16.3 Å². The minimum absolute atomic E-state index is 0.0648. The number of alkyl halides is 3. The molecule has 6 nitrogen and oxygen atoms in total. The summed E-state index contributed by atoms with van der Waals surface area (Å²) in [5.74, 6) is -0.231. The summed E-state index contributed by atoms with van der Waals surface area (Å²) >= 11 is 0. The van der Waals surface area contributed by atoms with Crippen LogP contribution in [0.4, 0.5) is 13.2 Å². The van der Waals surface area contributed by atoms with E-state index < -0.39 is 26.8 Å². The van der Waals surface area contributed by atoms with Crippen LogP contribution in [0.1, 0.15) is 30.5 Å². The fourth-order valence-electron chi connectivity index (χ4n) is 3.61. The minimum Gasteiger partial charge on any atom is -0.493 e. The minimum atomic E-state index is -4.72. The summed E-state index contributed by atoms with van der Waals surface area (Å²) in [5.41, 5.74) is 0.293. The van der Waals surface area contributed by atoms with E-state index in [1.165, 1.54) is 25.3 Å². The summed E-state index contributed by atoms with van der Waals surface area (Å²) in [5, 5.41) is 0. The highest BCUT2D eigenvalue weighted by atomic mass is 32.2. The zero-order chi connectivity index (χ0) is 27.9. The molecule has 0 heterocycles. The number of halogens is 3. The molecule has 3 aromatic rings.